The van der Waals surface area contributed by atoms with Crippen molar-refractivity contribution in [1.82, 2.24) is 9.47 Å². The summed E-state index contributed by atoms with van der Waals surface area (Å²) in [6.45, 7) is 2.26. The van der Waals surface area contributed by atoms with E-state index in [1.165, 1.54) is 19.3 Å². The second-order valence-electron chi connectivity index (χ2n) is 3.54. The molecule has 2 nitrogen and oxygen atoms in total. The van der Waals surface area contributed by atoms with Gasteiger partial charge >= 0.3 is 0 Å². The summed E-state index contributed by atoms with van der Waals surface area (Å²) in [5.41, 5.74) is 0.00954. The Kier molecular flexibility index (Phi) is 2.91. The van der Waals surface area contributed by atoms with Gasteiger partial charge in [-0.2, -0.15) is 0 Å². The number of halogens is 1. The standard InChI is InChI=1S/C10H15ClN2/c11-10(13-8-4-5-9-13)12-6-2-1-3-7-12/h4-5,8-10H,1-3,6-7H2. The monoisotopic (exact) mass is 198 g/mol. The Labute approximate surface area is 84.1 Å². The summed E-state index contributed by atoms with van der Waals surface area (Å²) in [4.78, 5) is 2.32. The van der Waals surface area contributed by atoms with E-state index in [9.17, 15) is 0 Å². The summed E-state index contributed by atoms with van der Waals surface area (Å²) < 4.78 is 2.05. The lowest BCUT2D eigenvalue weighted by atomic mass is 10.1. The molecule has 1 atom stereocenters. The van der Waals surface area contributed by atoms with Gasteiger partial charge in [-0.05, 0) is 25.0 Å². The number of hydrogen-bond acceptors (Lipinski definition) is 1. The minimum atomic E-state index is 0.00954. The number of rotatable bonds is 2. The van der Waals surface area contributed by atoms with Crippen LogP contribution in [0.5, 0.6) is 0 Å². The molecule has 0 radical (unpaired) electrons. The maximum absolute atomic E-state index is 6.32. The van der Waals surface area contributed by atoms with E-state index in [2.05, 4.69) is 4.90 Å². The van der Waals surface area contributed by atoms with Crippen molar-refractivity contribution in [2.45, 2.75) is 24.9 Å². The smallest absolute Gasteiger partial charge is 0.163 e. The molecular formula is C10H15ClN2. The Morgan fingerprint density at radius 2 is 1.62 bits per heavy atom. The number of nitrogens with zero attached hydrogens (tertiary/aromatic N) is 2. The molecule has 1 aliphatic rings. The van der Waals surface area contributed by atoms with Crippen molar-refractivity contribution in [3.8, 4) is 0 Å². The van der Waals surface area contributed by atoms with Crippen LogP contribution in [-0.4, -0.2) is 22.6 Å². The van der Waals surface area contributed by atoms with Crippen LogP contribution in [0.3, 0.4) is 0 Å². The molecule has 0 amide bonds. The lowest BCUT2D eigenvalue weighted by Gasteiger charge is -2.31. The summed E-state index contributed by atoms with van der Waals surface area (Å²) >= 11 is 6.32. The lowest BCUT2D eigenvalue weighted by Crippen LogP contribution is -2.33. The first-order chi connectivity index (χ1) is 6.38. The number of likely N-dealkylation sites (tertiary alicyclic amines) is 1. The van der Waals surface area contributed by atoms with E-state index >= 15 is 0 Å². The molecule has 2 rings (SSSR count). The fraction of sp³-hybridized carbons (Fsp3) is 0.600. The Balaban J connectivity index is 1.99. The minimum absolute atomic E-state index is 0.00954. The minimum Gasteiger partial charge on any atom is -0.325 e. The summed E-state index contributed by atoms with van der Waals surface area (Å²) in [6.07, 6.45) is 7.96. The van der Waals surface area contributed by atoms with Gasteiger partial charge in [-0.15, -0.1) is 0 Å². The molecule has 0 N–H and O–H groups in total. The Morgan fingerprint density at radius 3 is 2.23 bits per heavy atom. The Hall–Kier alpha value is -0.470. The van der Waals surface area contributed by atoms with Crippen molar-refractivity contribution < 1.29 is 0 Å². The third kappa shape index (κ3) is 2.06. The summed E-state index contributed by atoms with van der Waals surface area (Å²) in [6, 6.07) is 4.03. The molecule has 72 valence electrons. The molecular weight excluding hydrogens is 184 g/mol. The van der Waals surface area contributed by atoms with Crippen LogP contribution in [0.2, 0.25) is 0 Å². The highest BCUT2D eigenvalue weighted by molar-refractivity contribution is 6.18. The van der Waals surface area contributed by atoms with Gasteiger partial charge in [-0.1, -0.05) is 18.0 Å². The molecule has 1 aromatic rings. The highest BCUT2D eigenvalue weighted by Gasteiger charge is 2.18. The zero-order chi connectivity index (χ0) is 9.10. The van der Waals surface area contributed by atoms with Crippen LogP contribution in [0.4, 0.5) is 0 Å². The zero-order valence-corrected chi connectivity index (χ0v) is 8.45. The van der Waals surface area contributed by atoms with Crippen LogP contribution in [-0.2, 0) is 0 Å². The summed E-state index contributed by atoms with van der Waals surface area (Å²) in [5, 5.41) is 0. The van der Waals surface area contributed by atoms with Gasteiger partial charge in [0, 0.05) is 25.5 Å². The van der Waals surface area contributed by atoms with Gasteiger partial charge in [0.25, 0.3) is 0 Å². The number of piperidine rings is 1. The normalized spacial score (nSPS) is 21.6. The maximum Gasteiger partial charge on any atom is 0.163 e. The molecule has 0 spiro atoms. The first-order valence-electron chi connectivity index (χ1n) is 4.88. The van der Waals surface area contributed by atoms with Gasteiger partial charge in [-0.3, -0.25) is 4.90 Å². The van der Waals surface area contributed by atoms with Crippen molar-refractivity contribution in [3.05, 3.63) is 24.5 Å². The molecule has 1 unspecified atom stereocenters. The van der Waals surface area contributed by atoms with Gasteiger partial charge in [0.2, 0.25) is 0 Å². The molecule has 13 heavy (non-hydrogen) atoms. The molecule has 1 saturated heterocycles. The van der Waals surface area contributed by atoms with Crippen LogP contribution in [0.1, 0.15) is 24.9 Å². The average molecular weight is 199 g/mol. The predicted octanol–water partition coefficient (Wildman–Crippen LogP) is 2.67. The summed E-state index contributed by atoms with van der Waals surface area (Å²) in [5.74, 6) is 0. The van der Waals surface area contributed by atoms with Crippen LogP contribution in [0, 0.1) is 0 Å². The van der Waals surface area contributed by atoms with E-state index < -0.39 is 0 Å². The van der Waals surface area contributed by atoms with E-state index in [4.69, 9.17) is 11.6 Å². The molecule has 2 heterocycles. The number of hydrogen-bond donors (Lipinski definition) is 0. The van der Waals surface area contributed by atoms with Crippen LogP contribution in [0.15, 0.2) is 24.5 Å². The molecule has 3 heteroatoms. The third-order valence-corrected chi connectivity index (χ3v) is 3.07. The first-order valence-corrected chi connectivity index (χ1v) is 5.32. The van der Waals surface area contributed by atoms with Crippen molar-refractivity contribution in [2.75, 3.05) is 13.1 Å². The average Bonchev–Trinajstić information content (AvgIpc) is 2.71. The van der Waals surface area contributed by atoms with Crippen molar-refractivity contribution in [2.24, 2.45) is 0 Å². The quantitative estimate of drug-likeness (QED) is 0.524. The van der Waals surface area contributed by atoms with Gasteiger partial charge in [0.1, 0.15) is 0 Å². The van der Waals surface area contributed by atoms with Gasteiger partial charge in [0.15, 0.2) is 5.62 Å². The largest absolute Gasteiger partial charge is 0.325 e. The van der Waals surface area contributed by atoms with E-state index in [1.54, 1.807) is 0 Å². The SMILES string of the molecule is ClC(N1CCCCC1)n1cccc1. The number of alkyl halides is 1. The van der Waals surface area contributed by atoms with Crippen molar-refractivity contribution in [1.29, 1.82) is 0 Å². The number of aromatic nitrogens is 1. The fourth-order valence-corrected chi connectivity index (χ4v) is 2.14. The van der Waals surface area contributed by atoms with Crippen LogP contribution in [0.25, 0.3) is 0 Å². The predicted molar refractivity (Wildman–Crippen MR) is 54.7 cm³/mol. The maximum atomic E-state index is 6.32. The Morgan fingerprint density at radius 1 is 1.00 bits per heavy atom. The van der Waals surface area contributed by atoms with Crippen LogP contribution >= 0.6 is 11.6 Å². The molecule has 0 aromatic carbocycles. The van der Waals surface area contributed by atoms with Gasteiger partial charge in [-0.25, -0.2) is 0 Å². The Bertz CT molecular complexity index is 239. The van der Waals surface area contributed by atoms with E-state index in [0.29, 0.717) is 0 Å². The van der Waals surface area contributed by atoms with Crippen molar-refractivity contribution in [3.63, 3.8) is 0 Å². The van der Waals surface area contributed by atoms with Crippen LogP contribution < -0.4 is 0 Å². The first kappa shape index (κ1) is 9.10. The van der Waals surface area contributed by atoms with Gasteiger partial charge < -0.3 is 4.57 Å². The van der Waals surface area contributed by atoms with E-state index in [1.807, 2.05) is 29.1 Å². The molecule has 1 aromatic heterocycles. The van der Waals surface area contributed by atoms with E-state index in [-0.39, 0.29) is 5.62 Å². The third-order valence-electron chi connectivity index (χ3n) is 2.57. The molecule has 1 fully saturated rings. The van der Waals surface area contributed by atoms with Crippen molar-refractivity contribution >= 4 is 11.6 Å². The second-order valence-corrected chi connectivity index (χ2v) is 3.93. The highest BCUT2D eigenvalue weighted by atomic mass is 35.5. The topological polar surface area (TPSA) is 8.17 Å². The molecule has 0 aliphatic carbocycles. The molecule has 0 bridgehead atoms. The highest BCUT2D eigenvalue weighted by Crippen LogP contribution is 2.22. The molecule has 0 saturated carbocycles. The fourth-order valence-electron chi connectivity index (χ4n) is 1.81. The lowest BCUT2D eigenvalue weighted by molar-refractivity contribution is 0.170. The van der Waals surface area contributed by atoms with E-state index in [0.717, 1.165) is 13.1 Å². The molecule has 1 aliphatic heterocycles. The second kappa shape index (κ2) is 4.16. The summed E-state index contributed by atoms with van der Waals surface area (Å²) in [7, 11) is 0. The zero-order valence-electron chi connectivity index (χ0n) is 7.69. The van der Waals surface area contributed by atoms with Gasteiger partial charge in [0.05, 0.1) is 0 Å².